The van der Waals surface area contributed by atoms with Gasteiger partial charge in [0.1, 0.15) is 5.82 Å². The maximum atomic E-state index is 13.8. The monoisotopic (exact) mass is 239 g/mol. The van der Waals surface area contributed by atoms with E-state index >= 15 is 0 Å². The standard InChI is InChI=1S/C12H18FN3O/c1-8(2)16(3)7-10-5-4-9(6-11(10)13)12(14)15-17/h4-6,8,17H,7H2,1-3H3,(H2,14,15). The number of hydrogen-bond donors (Lipinski definition) is 2. The third-order valence-corrected chi connectivity index (χ3v) is 2.76. The summed E-state index contributed by atoms with van der Waals surface area (Å²) in [5, 5.41) is 11.3. The minimum Gasteiger partial charge on any atom is -0.409 e. The zero-order valence-corrected chi connectivity index (χ0v) is 10.3. The minimum absolute atomic E-state index is 0.0901. The molecule has 94 valence electrons. The predicted octanol–water partition coefficient (Wildman–Crippen LogP) is 1.76. The molecule has 0 saturated heterocycles. The summed E-state index contributed by atoms with van der Waals surface area (Å²) in [7, 11) is 1.93. The Labute approximate surface area is 101 Å². The molecular formula is C12H18FN3O. The van der Waals surface area contributed by atoms with Crippen LogP contribution >= 0.6 is 0 Å². The molecule has 1 aromatic carbocycles. The third-order valence-electron chi connectivity index (χ3n) is 2.76. The molecule has 0 aromatic heterocycles. The maximum absolute atomic E-state index is 13.8. The van der Waals surface area contributed by atoms with Crippen LogP contribution in [0.25, 0.3) is 0 Å². The minimum atomic E-state index is -0.346. The molecule has 0 atom stereocenters. The van der Waals surface area contributed by atoms with Crippen molar-refractivity contribution in [1.29, 1.82) is 0 Å². The lowest BCUT2D eigenvalue weighted by Crippen LogP contribution is -2.26. The van der Waals surface area contributed by atoms with Crippen LogP contribution in [0.1, 0.15) is 25.0 Å². The van der Waals surface area contributed by atoms with E-state index in [9.17, 15) is 4.39 Å². The lowest BCUT2D eigenvalue weighted by Gasteiger charge is -2.21. The first kappa shape index (κ1) is 13.4. The van der Waals surface area contributed by atoms with Crippen molar-refractivity contribution in [1.82, 2.24) is 4.90 Å². The molecule has 0 aliphatic heterocycles. The molecule has 0 bridgehead atoms. The molecule has 5 heteroatoms. The highest BCUT2D eigenvalue weighted by Gasteiger charge is 2.10. The Kier molecular flexibility index (Phi) is 4.45. The second kappa shape index (κ2) is 5.63. The van der Waals surface area contributed by atoms with E-state index < -0.39 is 0 Å². The maximum Gasteiger partial charge on any atom is 0.170 e. The highest BCUT2D eigenvalue weighted by molar-refractivity contribution is 5.97. The fraction of sp³-hybridized carbons (Fsp3) is 0.417. The van der Waals surface area contributed by atoms with Gasteiger partial charge in [-0.15, -0.1) is 0 Å². The summed E-state index contributed by atoms with van der Waals surface area (Å²) in [6, 6.07) is 4.92. The molecule has 1 rings (SSSR count). The van der Waals surface area contributed by atoms with Crippen LogP contribution < -0.4 is 5.73 Å². The van der Waals surface area contributed by atoms with Crippen LogP contribution in [0.3, 0.4) is 0 Å². The SMILES string of the molecule is CC(C)N(C)Cc1ccc(/C(N)=N/O)cc1F. The Bertz CT molecular complexity index is 418. The van der Waals surface area contributed by atoms with E-state index in [0.717, 1.165) is 0 Å². The number of amidine groups is 1. The zero-order valence-electron chi connectivity index (χ0n) is 10.3. The van der Waals surface area contributed by atoms with Crippen molar-refractivity contribution < 1.29 is 9.60 Å². The van der Waals surface area contributed by atoms with E-state index in [1.165, 1.54) is 6.07 Å². The number of hydrogen-bond acceptors (Lipinski definition) is 3. The van der Waals surface area contributed by atoms with Gasteiger partial charge in [-0.05, 0) is 27.0 Å². The van der Waals surface area contributed by atoms with Gasteiger partial charge in [-0.3, -0.25) is 4.90 Å². The van der Waals surface area contributed by atoms with E-state index in [-0.39, 0.29) is 11.7 Å². The Hall–Kier alpha value is -1.62. The van der Waals surface area contributed by atoms with Gasteiger partial charge < -0.3 is 10.9 Å². The summed E-state index contributed by atoms with van der Waals surface area (Å²) in [4.78, 5) is 2.03. The van der Waals surface area contributed by atoms with Crippen LogP contribution in [0.5, 0.6) is 0 Å². The lowest BCUT2D eigenvalue weighted by molar-refractivity contribution is 0.262. The molecule has 0 spiro atoms. The molecule has 0 amide bonds. The van der Waals surface area contributed by atoms with Gasteiger partial charge in [0, 0.05) is 23.7 Å². The molecular weight excluding hydrogens is 221 g/mol. The first-order chi connectivity index (χ1) is 7.95. The fourth-order valence-electron chi connectivity index (χ4n) is 1.34. The predicted molar refractivity (Wildman–Crippen MR) is 65.5 cm³/mol. The molecule has 3 N–H and O–H groups in total. The number of benzene rings is 1. The summed E-state index contributed by atoms with van der Waals surface area (Å²) in [6.45, 7) is 4.62. The Morgan fingerprint density at radius 1 is 1.53 bits per heavy atom. The van der Waals surface area contributed by atoms with Crippen LogP contribution in [-0.4, -0.2) is 29.0 Å². The molecule has 4 nitrogen and oxygen atoms in total. The largest absolute Gasteiger partial charge is 0.409 e. The highest BCUT2D eigenvalue weighted by atomic mass is 19.1. The van der Waals surface area contributed by atoms with Crippen molar-refractivity contribution in [2.45, 2.75) is 26.4 Å². The van der Waals surface area contributed by atoms with Crippen molar-refractivity contribution >= 4 is 5.84 Å². The lowest BCUT2D eigenvalue weighted by atomic mass is 10.1. The van der Waals surface area contributed by atoms with Crippen molar-refractivity contribution in [3.05, 3.63) is 35.1 Å². The van der Waals surface area contributed by atoms with Crippen LogP contribution in [0.2, 0.25) is 0 Å². The van der Waals surface area contributed by atoms with Gasteiger partial charge >= 0.3 is 0 Å². The molecule has 1 aromatic rings. The van der Waals surface area contributed by atoms with Crippen LogP contribution in [0.15, 0.2) is 23.4 Å². The van der Waals surface area contributed by atoms with Crippen molar-refractivity contribution in [3.8, 4) is 0 Å². The molecule has 0 heterocycles. The summed E-state index contributed by atoms with van der Waals surface area (Å²) < 4.78 is 13.8. The topological polar surface area (TPSA) is 61.8 Å². The van der Waals surface area contributed by atoms with Gasteiger partial charge in [-0.2, -0.15) is 0 Å². The molecule has 0 saturated carbocycles. The van der Waals surface area contributed by atoms with Gasteiger partial charge in [0.05, 0.1) is 0 Å². The van der Waals surface area contributed by atoms with Crippen molar-refractivity contribution in [2.24, 2.45) is 10.9 Å². The average Bonchev–Trinajstić information content (AvgIpc) is 2.30. The number of rotatable bonds is 4. The van der Waals surface area contributed by atoms with Gasteiger partial charge in [-0.1, -0.05) is 17.3 Å². The van der Waals surface area contributed by atoms with E-state index in [2.05, 4.69) is 5.16 Å². The van der Waals surface area contributed by atoms with Gasteiger partial charge in [0.2, 0.25) is 0 Å². The quantitative estimate of drug-likeness (QED) is 0.364. The fourth-order valence-corrected chi connectivity index (χ4v) is 1.34. The molecule has 0 unspecified atom stereocenters. The molecule has 0 aliphatic rings. The summed E-state index contributed by atoms with van der Waals surface area (Å²) in [5.74, 6) is -0.436. The number of halogens is 1. The van der Waals surface area contributed by atoms with Crippen molar-refractivity contribution in [2.75, 3.05) is 7.05 Å². The van der Waals surface area contributed by atoms with Crippen LogP contribution in [0, 0.1) is 5.82 Å². The Morgan fingerprint density at radius 3 is 2.65 bits per heavy atom. The normalized spacial score (nSPS) is 12.5. The Balaban J connectivity index is 2.91. The highest BCUT2D eigenvalue weighted by Crippen LogP contribution is 2.13. The summed E-state index contributed by atoms with van der Waals surface area (Å²) in [6.07, 6.45) is 0. The number of nitrogens with zero attached hydrogens (tertiary/aromatic N) is 2. The van der Waals surface area contributed by atoms with Gasteiger partial charge in [0.15, 0.2) is 5.84 Å². The first-order valence-electron chi connectivity index (χ1n) is 5.42. The molecule has 0 fully saturated rings. The zero-order chi connectivity index (χ0) is 13.0. The van der Waals surface area contributed by atoms with Crippen LogP contribution in [0.4, 0.5) is 4.39 Å². The first-order valence-corrected chi connectivity index (χ1v) is 5.42. The molecule has 0 radical (unpaired) electrons. The molecule has 0 aliphatic carbocycles. The average molecular weight is 239 g/mol. The number of nitrogens with two attached hydrogens (primary N) is 1. The Morgan fingerprint density at radius 2 is 2.18 bits per heavy atom. The van der Waals surface area contributed by atoms with Gasteiger partial charge in [0.25, 0.3) is 0 Å². The third kappa shape index (κ3) is 3.42. The second-order valence-electron chi connectivity index (χ2n) is 4.30. The van der Waals surface area contributed by atoms with E-state index in [1.54, 1.807) is 12.1 Å². The molecule has 17 heavy (non-hydrogen) atoms. The van der Waals surface area contributed by atoms with Crippen LogP contribution in [-0.2, 0) is 6.54 Å². The number of oxime groups is 1. The van der Waals surface area contributed by atoms with Crippen molar-refractivity contribution in [3.63, 3.8) is 0 Å². The van der Waals surface area contributed by atoms with Gasteiger partial charge in [-0.25, -0.2) is 4.39 Å². The smallest absolute Gasteiger partial charge is 0.170 e. The van der Waals surface area contributed by atoms with E-state index in [4.69, 9.17) is 10.9 Å². The summed E-state index contributed by atoms with van der Waals surface area (Å²) >= 11 is 0. The van der Waals surface area contributed by atoms with E-state index in [0.29, 0.717) is 23.7 Å². The van der Waals surface area contributed by atoms with E-state index in [1.807, 2.05) is 25.8 Å². The second-order valence-corrected chi connectivity index (χ2v) is 4.30. The summed E-state index contributed by atoms with van der Waals surface area (Å²) in [5.41, 5.74) is 6.35.